The first-order chi connectivity index (χ1) is 10.5. The van der Waals surface area contributed by atoms with Crippen molar-refractivity contribution in [1.82, 2.24) is 15.1 Å². The topological polar surface area (TPSA) is 67.2 Å². The van der Waals surface area contributed by atoms with Crippen molar-refractivity contribution in [2.24, 2.45) is 13.0 Å². The number of nitrogens with zero attached hydrogens (tertiary/aromatic N) is 2. The van der Waals surface area contributed by atoms with Gasteiger partial charge in [0.1, 0.15) is 5.69 Å². The van der Waals surface area contributed by atoms with Crippen molar-refractivity contribution in [3.05, 3.63) is 53.3 Å². The summed E-state index contributed by atoms with van der Waals surface area (Å²) in [7, 11) is 1.76. The maximum atomic E-state index is 12.4. The largest absolute Gasteiger partial charge is 0.394 e. The number of aryl methyl sites for hydroxylation is 1. The van der Waals surface area contributed by atoms with Gasteiger partial charge in [-0.3, -0.25) is 9.48 Å². The van der Waals surface area contributed by atoms with E-state index in [0.29, 0.717) is 11.6 Å². The van der Waals surface area contributed by atoms with E-state index in [2.05, 4.69) is 24.3 Å². The zero-order valence-corrected chi connectivity index (χ0v) is 13.3. The van der Waals surface area contributed by atoms with Crippen molar-refractivity contribution in [2.45, 2.75) is 26.3 Å². The minimum absolute atomic E-state index is 0.146. The molecule has 5 nitrogen and oxygen atoms in total. The summed E-state index contributed by atoms with van der Waals surface area (Å²) in [6, 6.07) is 10.8. The molecule has 1 heterocycles. The molecule has 0 spiro atoms. The molecule has 0 saturated carbocycles. The Labute approximate surface area is 131 Å². The van der Waals surface area contributed by atoms with E-state index >= 15 is 0 Å². The smallest absolute Gasteiger partial charge is 0.270 e. The lowest BCUT2D eigenvalue weighted by molar-refractivity contribution is 0.0906. The van der Waals surface area contributed by atoms with Crippen LogP contribution in [0, 0.1) is 5.92 Å². The van der Waals surface area contributed by atoms with Crippen molar-refractivity contribution in [1.29, 1.82) is 0 Å². The first-order valence-corrected chi connectivity index (χ1v) is 7.50. The summed E-state index contributed by atoms with van der Waals surface area (Å²) in [6.07, 6.45) is 0.837. The van der Waals surface area contributed by atoms with E-state index in [4.69, 9.17) is 0 Å². The minimum Gasteiger partial charge on any atom is -0.394 e. The van der Waals surface area contributed by atoms with Gasteiger partial charge in [-0.1, -0.05) is 44.2 Å². The van der Waals surface area contributed by atoms with Crippen LogP contribution in [0.3, 0.4) is 0 Å². The molecule has 0 saturated heterocycles. The highest BCUT2D eigenvalue weighted by atomic mass is 16.3. The fraction of sp³-hybridized carbons (Fsp3) is 0.412. The van der Waals surface area contributed by atoms with E-state index in [1.165, 1.54) is 0 Å². The monoisotopic (exact) mass is 301 g/mol. The third kappa shape index (κ3) is 3.95. The van der Waals surface area contributed by atoms with Crippen LogP contribution in [0.2, 0.25) is 0 Å². The third-order valence-electron chi connectivity index (χ3n) is 3.47. The molecule has 2 aromatic rings. The molecule has 0 aliphatic rings. The molecule has 0 aliphatic carbocycles. The van der Waals surface area contributed by atoms with E-state index in [9.17, 15) is 9.90 Å². The van der Waals surface area contributed by atoms with Gasteiger partial charge in [-0.25, -0.2) is 0 Å². The number of nitrogens with one attached hydrogen (secondary N) is 1. The number of hydrogen-bond donors (Lipinski definition) is 2. The van der Waals surface area contributed by atoms with Gasteiger partial charge in [0.05, 0.1) is 18.3 Å². The third-order valence-corrected chi connectivity index (χ3v) is 3.47. The molecule has 0 aliphatic heterocycles. The second kappa shape index (κ2) is 7.22. The normalized spacial score (nSPS) is 12.4. The van der Waals surface area contributed by atoms with Crippen LogP contribution in [-0.2, 0) is 13.5 Å². The number of carbonyl (C=O) groups excluding carboxylic acids is 1. The Hall–Kier alpha value is -2.14. The van der Waals surface area contributed by atoms with Crippen LogP contribution in [0.5, 0.6) is 0 Å². The van der Waals surface area contributed by atoms with Crippen molar-refractivity contribution in [2.75, 3.05) is 6.61 Å². The standard InChI is InChI=1S/C17H23N3O2/c1-12(2)9-14-10-16(20(3)19-14)17(22)18-15(11-21)13-7-5-4-6-8-13/h4-8,10,12,15,21H,9,11H2,1-3H3,(H,18,22). The molecule has 0 radical (unpaired) electrons. The second-order valence-corrected chi connectivity index (χ2v) is 5.86. The van der Waals surface area contributed by atoms with E-state index in [1.807, 2.05) is 36.4 Å². The molecule has 1 unspecified atom stereocenters. The van der Waals surface area contributed by atoms with E-state index in [-0.39, 0.29) is 12.5 Å². The Bertz CT molecular complexity index is 620. The molecule has 1 aromatic carbocycles. The zero-order valence-electron chi connectivity index (χ0n) is 13.3. The van der Waals surface area contributed by atoms with Gasteiger partial charge >= 0.3 is 0 Å². The van der Waals surface area contributed by atoms with Gasteiger partial charge in [0, 0.05) is 7.05 Å². The van der Waals surface area contributed by atoms with Crippen LogP contribution in [0.15, 0.2) is 36.4 Å². The summed E-state index contributed by atoms with van der Waals surface area (Å²) in [5.74, 6) is 0.258. The zero-order chi connectivity index (χ0) is 16.1. The molecule has 0 bridgehead atoms. The molecule has 2 rings (SSSR count). The molecular weight excluding hydrogens is 278 g/mol. The number of rotatable bonds is 6. The van der Waals surface area contributed by atoms with Gasteiger partial charge in [0.2, 0.25) is 0 Å². The number of aliphatic hydroxyl groups excluding tert-OH is 1. The van der Waals surface area contributed by atoms with Crippen molar-refractivity contribution < 1.29 is 9.90 Å². The van der Waals surface area contributed by atoms with Crippen molar-refractivity contribution in [3.8, 4) is 0 Å². The Balaban J connectivity index is 2.12. The summed E-state index contributed by atoms with van der Waals surface area (Å²) < 4.78 is 1.59. The number of benzene rings is 1. The van der Waals surface area contributed by atoms with E-state index in [1.54, 1.807) is 11.7 Å². The van der Waals surface area contributed by atoms with Crippen LogP contribution in [-0.4, -0.2) is 27.4 Å². The van der Waals surface area contributed by atoms with Gasteiger partial charge < -0.3 is 10.4 Å². The number of amides is 1. The lowest BCUT2D eigenvalue weighted by Gasteiger charge is -2.16. The number of aromatic nitrogens is 2. The average molecular weight is 301 g/mol. The molecule has 1 atom stereocenters. The highest BCUT2D eigenvalue weighted by Crippen LogP contribution is 2.14. The molecule has 0 fully saturated rings. The molecule has 2 N–H and O–H groups in total. The highest BCUT2D eigenvalue weighted by molar-refractivity contribution is 5.93. The predicted molar refractivity (Wildman–Crippen MR) is 85.5 cm³/mol. The van der Waals surface area contributed by atoms with E-state index < -0.39 is 6.04 Å². The second-order valence-electron chi connectivity index (χ2n) is 5.86. The van der Waals surface area contributed by atoms with Crippen LogP contribution in [0.4, 0.5) is 0 Å². The van der Waals surface area contributed by atoms with Gasteiger partial charge in [-0.2, -0.15) is 5.10 Å². The van der Waals surface area contributed by atoms with E-state index in [0.717, 1.165) is 17.7 Å². The first kappa shape index (κ1) is 16.2. The SMILES string of the molecule is CC(C)Cc1cc(C(=O)NC(CO)c2ccccc2)n(C)n1. The highest BCUT2D eigenvalue weighted by Gasteiger charge is 2.18. The van der Waals surface area contributed by atoms with Gasteiger partial charge in [0.25, 0.3) is 5.91 Å². The van der Waals surface area contributed by atoms with Gasteiger partial charge in [-0.15, -0.1) is 0 Å². The van der Waals surface area contributed by atoms with Crippen LogP contribution in [0.25, 0.3) is 0 Å². The number of hydrogen-bond acceptors (Lipinski definition) is 3. The summed E-state index contributed by atoms with van der Waals surface area (Å²) in [4.78, 5) is 12.4. The Morgan fingerprint density at radius 3 is 2.59 bits per heavy atom. The van der Waals surface area contributed by atoms with Gasteiger partial charge in [-0.05, 0) is 24.0 Å². The minimum atomic E-state index is -0.419. The molecule has 22 heavy (non-hydrogen) atoms. The summed E-state index contributed by atoms with van der Waals surface area (Å²) >= 11 is 0. The Morgan fingerprint density at radius 1 is 1.32 bits per heavy atom. The Kier molecular flexibility index (Phi) is 5.33. The number of aliphatic hydroxyl groups is 1. The lowest BCUT2D eigenvalue weighted by Crippen LogP contribution is -2.32. The molecule has 1 amide bonds. The summed E-state index contributed by atoms with van der Waals surface area (Å²) in [5, 5.41) is 16.8. The van der Waals surface area contributed by atoms with Crippen LogP contribution in [0.1, 0.15) is 41.6 Å². The lowest BCUT2D eigenvalue weighted by atomic mass is 10.1. The maximum absolute atomic E-state index is 12.4. The summed E-state index contributed by atoms with van der Waals surface area (Å²) in [5.41, 5.74) is 2.29. The van der Waals surface area contributed by atoms with Gasteiger partial charge in [0.15, 0.2) is 0 Å². The fourth-order valence-electron chi connectivity index (χ4n) is 2.41. The fourth-order valence-corrected chi connectivity index (χ4v) is 2.41. The Morgan fingerprint density at radius 2 is 2.00 bits per heavy atom. The summed E-state index contributed by atoms with van der Waals surface area (Å²) in [6.45, 7) is 4.09. The number of carbonyl (C=O) groups is 1. The van der Waals surface area contributed by atoms with Crippen LogP contribution < -0.4 is 5.32 Å². The first-order valence-electron chi connectivity index (χ1n) is 7.50. The van der Waals surface area contributed by atoms with Crippen LogP contribution >= 0.6 is 0 Å². The predicted octanol–water partition coefficient (Wildman–Crippen LogP) is 2.08. The quantitative estimate of drug-likeness (QED) is 0.858. The maximum Gasteiger partial charge on any atom is 0.270 e. The molecule has 118 valence electrons. The molecular formula is C17H23N3O2. The van der Waals surface area contributed by atoms with Crippen molar-refractivity contribution >= 4 is 5.91 Å². The molecule has 1 aromatic heterocycles. The average Bonchev–Trinajstić information content (AvgIpc) is 2.85. The van der Waals surface area contributed by atoms with Crippen molar-refractivity contribution in [3.63, 3.8) is 0 Å². The molecule has 5 heteroatoms.